The second kappa shape index (κ2) is 3.89. The number of aromatic nitrogens is 1. The summed E-state index contributed by atoms with van der Waals surface area (Å²) < 4.78 is 7.35. The molecule has 0 amide bonds. The zero-order valence-electron chi connectivity index (χ0n) is 9.23. The van der Waals surface area contributed by atoms with Crippen LogP contribution < -0.4 is 4.74 Å². The van der Waals surface area contributed by atoms with Crippen molar-refractivity contribution >= 4 is 11.5 Å². The lowest BCUT2D eigenvalue weighted by atomic mass is 10.1. The first-order valence-electron chi connectivity index (χ1n) is 5.12. The van der Waals surface area contributed by atoms with Gasteiger partial charge in [0.05, 0.1) is 12.2 Å². The Morgan fingerprint density at radius 3 is 2.94 bits per heavy atom. The summed E-state index contributed by atoms with van der Waals surface area (Å²) in [5.41, 5.74) is 1.76. The van der Waals surface area contributed by atoms with E-state index in [1.54, 1.807) is 13.0 Å². The molecule has 4 nitrogen and oxygen atoms in total. The van der Waals surface area contributed by atoms with Gasteiger partial charge in [-0.2, -0.15) is 0 Å². The van der Waals surface area contributed by atoms with Crippen molar-refractivity contribution in [2.24, 2.45) is 0 Å². The number of hydrogen-bond donors (Lipinski definition) is 1. The van der Waals surface area contributed by atoms with Gasteiger partial charge in [0, 0.05) is 17.3 Å². The van der Waals surface area contributed by atoms with Crippen LogP contribution in [0.3, 0.4) is 0 Å². The summed E-state index contributed by atoms with van der Waals surface area (Å²) in [6.45, 7) is 4.15. The highest BCUT2D eigenvalue weighted by Crippen LogP contribution is 2.25. The van der Waals surface area contributed by atoms with Crippen LogP contribution in [0.25, 0.3) is 5.52 Å². The topological polar surface area (TPSA) is 50.9 Å². The van der Waals surface area contributed by atoms with Crippen LogP contribution in [0.1, 0.15) is 22.8 Å². The highest BCUT2D eigenvalue weighted by Gasteiger charge is 2.15. The standard InChI is InChI=1S/C12H13NO3/c1-3-16-11-8(2)10(12(14)15)7-9-5-4-6-13(9)11/h4-7H,3H2,1-2H3,(H,14,15). The van der Waals surface area contributed by atoms with E-state index in [-0.39, 0.29) is 5.56 Å². The number of hydrogen-bond acceptors (Lipinski definition) is 2. The SMILES string of the molecule is CCOc1c(C)c(C(=O)O)cc2cccn12. The monoisotopic (exact) mass is 219 g/mol. The molecule has 0 aliphatic heterocycles. The van der Waals surface area contributed by atoms with Crippen molar-refractivity contribution in [3.05, 3.63) is 35.5 Å². The first-order chi connectivity index (χ1) is 7.65. The summed E-state index contributed by atoms with van der Waals surface area (Å²) in [5, 5.41) is 9.09. The maximum atomic E-state index is 11.1. The molecule has 4 heteroatoms. The van der Waals surface area contributed by atoms with Crippen LogP contribution in [0, 0.1) is 6.92 Å². The first-order valence-corrected chi connectivity index (χ1v) is 5.12. The van der Waals surface area contributed by atoms with Gasteiger partial charge < -0.3 is 9.84 Å². The highest BCUT2D eigenvalue weighted by atomic mass is 16.5. The Morgan fingerprint density at radius 2 is 2.31 bits per heavy atom. The van der Waals surface area contributed by atoms with Crippen LogP contribution in [0.4, 0.5) is 0 Å². The number of aromatic carboxylic acids is 1. The lowest BCUT2D eigenvalue weighted by molar-refractivity contribution is 0.0695. The smallest absolute Gasteiger partial charge is 0.336 e. The number of carboxylic acids is 1. The number of rotatable bonds is 3. The third-order valence-electron chi connectivity index (χ3n) is 2.53. The molecule has 2 aromatic rings. The van der Waals surface area contributed by atoms with Crippen LogP contribution >= 0.6 is 0 Å². The van der Waals surface area contributed by atoms with Gasteiger partial charge in [-0.25, -0.2) is 4.79 Å². The summed E-state index contributed by atoms with van der Waals surface area (Å²) in [6, 6.07) is 5.37. The number of carboxylic acid groups (broad SMARTS) is 1. The minimum absolute atomic E-state index is 0.287. The van der Waals surface area contributed by atoms with Crippen molar-refractivity contribution in [3.8, 4) is 5.88 Å². The summed E-state index contributed by atoms with van der Waals surface area (Å²) >= 11 is 0. The average molecular weight is 219 g/mol. The lowest BCUT2D eigenvalue weighted by Gasteiger charge is -2.12. The quantitative estimate of drug-likeness (QED) is 0.862. The van der Waals surface area contributed by atoms with Gasteiger partial charge in [-0.3, -0.25) is 4.40 Å². The molecule has 1 N–H and O–H groups in total. The first kappa shape index (κ1) is 10.5. The van der Waals surface area contributed by atoms with E-state index in [2.05, 4.69) is 0 Å². The number of pyridine rings is 1. The van der Waals surface area contributed by atoms with Gasteiger partial charge in [-0.05, 0) is 32.0 Å². The zero-order chi connectivity index (χ0) is 11.7. The van der Waals surface area contributed by atoms with E-state index in [1.807, 2.05) is 29.7 Å². The average Bonchev–Trinajstić information content (AvgIpc) is 2.69. The maximum Gasteiger partial charge on any atom is 0.336 e. The van der Waals surface area contributed by atoms with Crippen molar-refractivity contribution in [2.45, 2.75) is 13.8 Å². The lowest BCUT2D eigenvalue weighted by Crippen LogP contribution is -2.07. The Hall–Kier alpha value is -1.97. The molecule has 0 unspecified atom stereocenters. The molecule has 0 atom stereocenters. The second-order valence-electron chi connectivity index (χ2n) is 3.53. The third-order valence-corrected chi connectivity index (χ3v) is 2.53. The fourth-order valence-corrected chi connectivity index (χ4v) is 1.79. The molecular weight excluding hydrogens is 206 g/mol. The van der Waals surface area contributed by atoms with Crippen LogP contribution in [0.2, 0.25) is 0 Å². The largest absolute Gasteiger partial charge is 0.479 e. The van der Waals surface area contributed by atoms with Crippen molar-refractivity contribution < 1.29 is 14.6 Å². The van der Waals surface area contributed by atoms with E-state index in [9.17, 15) is 4.79 Å². The molecule has 0 bridgehead atoms. The maximum absolute atomic E-state index is 11.1. The van der Waals surface area contributed by atoms with Gasteiger partial charge >= 0.3 is 5.97 Å². The van der Waals surface area contributed by atoms with Crippen molar-refractivity contribution in [1.29, 1.82) is 0 Å². The predicted molar refractivity (Wildman–Crippen MR) is 60.3 cm³/mol. The number of fused-ring (bicyclic) bond motifs is 1. The molecule has 0 fully saturated rings. The highest BCUT2D eigenvalue weighted by molar-refractivity contribution is 5.91. The Morgan fingerprint density at radius 1 is 1.56 bits per heavy atom. The van der Waals surface area contributed by atoms with Gasteiger partial charge in [0.25, 0.3) is 0 Å². The molecule has 2 heterocycles. The van der Waals surface area contributed by atoms with Gasteiger partial charge in [0.1, 0.15) is 0 Å². The van der Waals surface area contributed by atoms with Gasteiger partial charge in [-0.15, -0.1) is 0 Å². The minimum atomic E-state index is -0.929. The Bertz CT molecular complexity index is 542. The Balaban J connectivity index is 2.75. The normalized spacial score (nSPS) is 10.6. The van der Waals surface area contributed by atoms with Gasteiger partial charge in [0.2, 0.25) is 5.88 Å². The fraction of sp³-hybridized carbons (Fsp3) is 0.250. The van der Waals surface area contributed by atoms with Crippen molar-refractivity contribution in [2.75, 3.05) is 6.61 Å². The molecule has 0 radical (unpaired) electrons. The second-order valence-corrected chi connectivity index (χ2v) is 3.53. The number of ether oxygens (including phenoxy) is 1. The summed E-state index contributed by atoms with van der Waals surface area (Å²) in [7, 11) is 0. The molecule has 2 rings (SSSR count). The van der Waals surface area contributed by atoms with E-state index >= 15 is 0 Å². The number of nitrogens with zero attached hydrogens (tertiary/aromatic N) is 1. The molecule has 0 aliphatic carbocycles. The molecule has 2 aromatic heterocycles. The Kier molecular flexibility index (Phi) is 2.56. The third kappa shape index (κ3) is 1.52. The van der Waals surface area contributed by atoms with Gasteiger partial charge in [-0.1, -0.05) is 0 Å². The number of carbonyl (C=O) groups is 1. The summed E-state index contributed by atoms with van der Waals surface area (Å²) in [4.78, 5) is 11.1. The van der Waals surface area contributed by atoms with Crippen LogP contribution in [0.5, 0.6) is 5.88 Å². The van der Waals surface area contributed by atoms with E-state index in [0.29, 0.717) is 18.1 Å². The van der Waals surface area contributed by atoms with E-state index < -0.39 is 5.97 Å². The van der Waals surface area contributed by atoms with E-state index in [4.69, 9.17) is 9.84 Å². The van der Waals surface area contributed by atoms with Gasteiger partial charge in [0.15, 0.2) is 0 Å². The molecule has 0 aliphatic rings. The van der Waals surface area contributed by atoms with Crippen LogP contribution in [-0.2, 0) is 0 Å². The summed E-state index contributed by atoms with van der Waals surface area (Å²) in [6.07, 6.45) is 1.86. The van der Waals surface area contributed by atoms with E-state index in [1.165, 1.54) is 0 Å². The summed E-state index contributed by atoms with van der Waals surface area (Å²) in [5.74, 6) is -0.329. The van der Waals surface area contributed by atoms with Crippen molar-refractivity contribution in [3.63, 3.8) is 0 Å². The molecule has 0 aromatic carbocycles. The van der Waals surface area contributed by atoms with E-state index in [0.717, 1.165) is 5.52 Å². The molecule has 0 saturated carbocycles. The Labute approximate surface area is 93.1 Å². The van der Waals surface area contributed by atoms with Crippen LogP contribution in [0.15, 0.2) is 24.4 Å². The predicted octanol–water partition coefficient (Wildman–Crippen LogP) is 2.34. The molecular formula is C12H13NO3. The molecule has 0 spiro atoms. The molecule has 0 saturated heterocycles. The fourth-order valence-electron chi connectivity index (χ4n) is 1.79. The van der Waals surface area contributed by atoms with Crippen molar-refractivity contribution in [1.82, 2.24) is 4.40 Å². The minimum Gasteiger partial charge on any atom is -0.479 e. The zero-order valence-corrected chi connectivity index (χ0v) is 9.23. The molecule has 16 heavy (non-hydrogen) atoms. The van der Waals surface area contributed by atoms with Crippen LogP contribution in [-0.4, -0.2) is 22.1 Å². The molecule has 84 valence electrons.